The van der Waals surface area contributed by atoms with Gasteiger partial charge in [-0.25, -0.2) is 0 Å². The Labute approximate surface area is 107 Å². The SMILES string of the molecule is CCO[SiH](OCC)OCC.CN1CCNCC1. The van der Waals surface area contributed by atoms with Crippen molar-refractivity contribution in [2.24, 2.45) is 0 Å². The fourth-order valence-corrected chi connectivity index (χ4v) is 2.43. The second kappa shape index (κ2) is 12.5. The van der Waals surface area contributed by atoms with Crippen molar-refractivity contribution in [1.29, 1.82) is 0 Å². The van der Waals surface area contributed by atoms with Crippen molar-refractivity contribution >= 4 is 9.53 Å². The van der Waals surface area contributed by atoms with Gasteiger partial charge in [0.15, 0.2) is 0 Å². The van der Waals surface area contributed by atoms with Crippen LogP contribution >= 0.6 is 0 Å². The van der Waals surface area contributed by atoms with Crippen LogP contribution in [0, 0.1) is 0 Å². The normalized spacial score (nSPS) is 16.8. The van der Waals surface area contributed by atoms with E-state index in [1.165, 1.54) is 13.1 Å². The minimum Gasteiger partial charge on any atom is -0.376 e. The smallest absolute Gasteiger partial charge is 0.376 e. The third kappa shape index (κ3) is 10.9. The van der Waals surface area contributed by atoms with Gasteiger partial charge in [0.1, 0.15) is 0 Å². The summed E-state index contributed by atoms with van der Waals surface area (Å²) in [5.41, 5.74) is 0. The second-order valence-electron chi connectivity index (χ2n) is 3.71. The molecule has 0 saturated carbocycles. The van der Waals surface area contributed by atoms with Crippen molar-refractivity contribution in [2.75, 3.05) is 53.0 Å². The molecule has 17 heavy (non-hydrogen) atoms. The highest BCUT2D eigenvalue weighted by Crippen LogP contribution is 1.91. The molecule has 1 heterocycles. The molecular formula is C11H28N2O3Si. The van der Waals surface area contributed by atoms with Crippen molar-refractivity contribution in [3.05, 3.63) is 0 Å². The largest absolute Gasteiger partial charge is 0.484 e. The van der Waals surface area contributed by atoms with Crippen LogP contribution in [-0.4, -0.2) is 67.5 Å². The average Bonchev–Trinajstić information content (AvgIpc) is 2.32. The molecule has 0 radical (unpaired) electrons. The number of nitrogens with one attached hydrogen (secondary N) is 1. The van der Waals surface area contributed by atoms with Crippen LogP contribution in [-0.2, 0) is 13.3 Å². The lowest BCUT2D eigenvalue weighted by Gasteiger charge is -2.21. The summed E-state index contributed by atoms with van der Waals surface area (Å²) in [6, 6.07) is 0. The van der Waals surface area contributed by atoms with E-state index < -0.39 is 9.53 Å². The molecule has 0 aliphatic carbocycles. The molecule has 0 aromatic rings. The van der Waals surface area contributed by atoms with Gasteiger partial charge in [-0.1, -0.05) is 0 Å². The van der Waals surface area contributed by atoms with Crippen LogP contribution in [0.25, 0.3) is 0 Å². The number of piperazine rings is 1. The maximum atomic E-state index is 5.22. The van der Waals surface area contributed by atoms with Crippen LogP contribution in [0.3, 0.4) is 0 Å². The fourth-order valence-electron chi connectivity index (χ4n) is 1.33. The molecule has 0 amide bonds. The molecule has 0 unspecified atom stereocenters. The highest BCUT2D eigenvalue weighted by Gasteiger charge is 2.11. The molecule has 6 heteroatoms. The first-order chi connectivity index (χ1) is 8.24. The molecule has 1 aliphatic rings. The number of hydrogen-bond acceptors (Lipinski definition) is 5. The zero-order chi connectivity index (χ0) is 12.9. The molecule has 1 N–H and O–H groups in total. The number of hydrogen-bond donors (Lipinski definition) is 1. The highest BCUT2D eigenvalue weighted by atomic mass is 28.3. The molecule has 5 nitrogen and oxygen atoms in total. The van der Waals surface area contributed by atoms with Crippen molar-refractivity contribution in [1.82, 2.24) is 10.2 Å². The van der Waals surface area contributed by atoms with Gasteiger partial charge >= 0.3 is 9.53 Å². The summed E-state index contributed by atoms with van der Waals surface area (Å²) in [5.74, 6) is 0. The van der Waals surface area contributed by atoms with E-state index >= 15 is 0 Å². The van der Waals surface area contributed by atoms with Gasteiger partial charge in [-0.3, -0.25) is 0 Å². The van der Waals surface area contributed by atoms with E-state index in [1.807, 2.05) is 20.8 Å². The maximum absolute atomic E-state index is 5.22. The van der Waals surface area contributed by atoms with Crippen molar-refractivity contribution in [3.8, 4) is 0 Å². The maximum Gasteiger partial charge on any atom is 0.484 e. The molecule has 1 rings (SSSR count). The fraction of sp³-hybridized carbons (Fsp3) is 1.00. The van der Waals surface area contributed by atoms with Gasteiger partial charge < -0.3 is 23.5 Å². The first kappa shape index (κ1) is 17.0. The molecule has 0 aromatic heterocycles. The molecule has 0 spiro atoms. The summed E-state index contributed by atoms with van der Waals surface area (Å²) in [5, 5.41) is 3.27. The van der Waals surface area contributed by atoms with E-state index in [0.717, 1.165) is 13.1 Å². The first-order valence-electron chi connectivity index (χ1n) is 6.48. The summed E-state index contributed by atoms with van der Waals surface area (Å²) in [4.78, 5) is 2.33. The first-order valence-corrected chi connectivity index (χ1v) is 7.90. The molecule has 0 bridgehead atoms. The van der Waals surface area contributed by atoms with E-state index in [-0.39, 0.29) is 0 Å². The van der Waals surface area contributed by atoms with Crippen LogP contribution < -0.4 is 5.32 Å². The monoisotopic (exact) mass is 264 g/mol. The summed E-state index contributed by atoms with van der Waals surface area (Å²) >= 11 is 0. The number of nitrogens with zero attached hydrogens (tertiary/aromatic N) is 1. The molecule has 1 aliphatic heterocycles. The Hall–Kier alpha value is 0.0169. The quantitative estimate of drug-likeness (QED) is 0.701. The Morgan fingerprint density at radius 1 is 0.941 bits per heavy atom. The predicted octanol–water partition coefficient (Wildman–Crippen LogP) is 0.335. The zero-order valence-corrected chi connectivity index (χ0v) is 12.9. The summed E-state index contributed by atoms with van der Waals surface area (Å²) in [6.07, 6.45) is 0. The summed E-state index contributed by atoms with van der Waals surface area (Å²) < 4.78 is 15.7. The lowest BCUT2D eigenvalue weighted by atomic mass is 10.4. The van der Waals surface area contributed by atoms with Gasteiger partial charge in [0, 0.05) is 46.0 Å². The van der Waals surface area contributed by atoms with E-state index in [4.69, 9.17) is 13.3 Å². The molecule has 104 valence electrons. The van der Waals surface area contributed by atoms with E-state index in [9.17, 15) is 0 Å². The van der Waals surface area contributed by atoms with E-state index in [1.54, 1.807) is 0 Å². The van der Waals surface area contributed by atoms with Gasteiger partial charge in [0.2, 0.25) is 0 Å². The lowest BCUT2D eigenvalue weighted by molar-refractivity contribution is 0.107. The van der Waals surface area contributed by atoms with Crippen molar-refractivity contribution < 1.29 is 13.3 Å². The van der Waals surface area contributed by atoms with Crippen LogP contribution in [0.1, 0.15) is 20.8 Å². The molecule has 1 fully saturated rings. The third-order valence-corrected chi connectivity index (χ3v) is 4.07. The Morgan fingerprint density at radius 3 is 1.59 bits per heavy atom. The molecule has 0 aromatic carbocycles. The predicted molar refractivity (Wildman–Crippen MR) is 72.4 cm³/mol. The third-order valence-electron chi connectivity index (χ3n) is 2.25. The Kier molecular flexibility index (Phi) is 12.5. The van der Waals surface area contributed by atoms with E-state index in [2.05, 4.69) is 17.3 Å². The number of likely N-dealkylation sites (N-methyl/N-ethyl adjacent to an activating group) is 1. The average molecular weight is 264 g/mol. The highest BCUT2D eigenvalue weighted by molar-refractivity contribution is 6.36. The Morgan fingerprint density at radius 2 is 1.35 bits per heavy atom. The molecular weight excluding hydrogens is 236 g/mol. The van der Waals surface area contributed by atoms with Crippen molar-refractivity contribution in [2.45, 2.75) is 20.8 Å². The lowest BCUT2D eigenvalue weighted by Crippen LogP contribution is -2.40. The van der Waals surface area contributed by atoms with Crippen molar-refractivity contribution in [3.63, 3.8) is 0 Å². The van der Waals surface area contributed by atoms with Crippen LogP contribution in [0.2, 0.25) is 0 Å². The topological polar surface area (TPSA) is 43.0 Å². The number of rotatable bonds is 6. The van der Waals surface area contributed by atoms with E-state index in [0.29, 0.717) is 19.8 Å². The van der Waals surface area contributed by atoms with Crippen LogP contribution in [0.4, 0.5) is 0 Å². The van der Waals surface area contributed by atoms with Gasteiger partial charge in [-0.2, -0.15) is 0 Å². The molecule has 1 saturated heterocycles. The second-order valence-corrected chi connectivity index (χ2v) is 5.29. The summed E-state index contributed by atoms with van der Waals surface area (Å²) in [7, 11) is 0.420. The summed E-state index contributed by atoms with van der Waals surface area (Å²) in [6.45, 7) is 12.6. The molecule has 0 atom stereocenters. The van der Waals surface area contributed by atoms with Gasteiger partial charge in [0.05, 0.1) is 0 Å². The minimum absolute atomic E-state index is 0.677. The zero-order valence-electron chi connectivity index (χ0n) is 11.7. The Balaban J connectivity index is 0.000000318. The van der Waals surface area contributed by atoms with Crippen LogP contribution in [0.15, 0.2) is 0 Å². The van der Waals surface area contributed by atoms with Crippen LogP contribution in [0.5, 0.6) is 0 Å². The minimum atomic E-state index is -1.73. The van der Waals surface area contributed by atoms with Gasteiger partial charge in [-0.05, 0) is 27.8 Å². The standard InChI is InChI=1S/C6H16O3Si.C5H12N2/c1-4-7-10(8-5-2)9-6-3;1-7-4-2-6-3-5-7/h10H,4-6H2,1-3H3;6H,2-5H2,1H3. The van der Waals surface area contributed by atoms with Gasteiger partial charge in [-0.15, -0.1) is 0 Å². The Bertz CT molecular complexity index is 143. The van der Waals surface area contributed by atoms with Gasteiger partial charge in [0.25, 0.3) is 0 Å².